The predicted molar refractivity (Wildman–Crippen MR) is 245 cm³/mol. The highest BCUT2D eigenvalue weighted by atomic mass is 16.7. The molecule has 4 rings (SSSR count). The number of likely N-dealkylation sites (N-methyl/N-ethyl adjacent to an activating group) is 1. The van der Waals surface area contributed by atoms with Crippen LogP contribution in [0.15, 0.2) is 36.0 Å². The first kappa shape index (κ1) is 57.8. The van der Waals surface area contributed by atoms with E-state index >= 15 is 0 Å². The van der Waals surface area contributed by atoms with Gasteiger partial charge in [-0.3, -0.25) is 9.59 Å². The van der Waals surface area contributed by atoms with Gasteiger partial charge in [-0.25, -0.2) is 4.79 Å². The largest absolute Gasteiger partial charge is 0.466 e. The molecule has 19 heteroatoms. The number of allylic oxidation sites excluding steroid dienone is 4. The van der Waals surface area contributed by atoms with Crippen molar-refractivity contribution in [3.8, 4) is 0 Å². The van der Waals surface area contributed by atoms with Crippen molar-refractivity contribution in [1.82, 2.24) is 4.90 Å². The molecule has 0 amide bonds. The number of methoxy groups -OCH3 is 3. The summed E-state index contributed by atoms with van der Waals surface area (Å²) in [6.45, 7) is 13.7. The third-order valence-corrected chi connectivity index (χ3v) is 13.9. The van der Waals surface area contributed by atoms with E-state index in [1.54, 1.807) is 65.8 Å². The molecule has 5 N–H and O–H groups in total. The zero-order chi connectivity index (χ0) is 50.8. The van der Waals surface area contributed by atoms with Crippen molar-refractivity contribution in [2.24, 2.45) is 23.7 Å². The second-order valence-corrected chi connectivity index (χ2v) is 19.5. The summed E-state index contributed by atoms with van der Waals surface area (Å²) in [5, 5.41) is 56.2. The summed E-state index contributed by atoms with van der Waals surface area (Å²) in [4.78, 5) is 41.9. The number of carbonyl (C=O) groups excluding carboxylic acids is 3. The molecule has 3 saturated heterocycles. The van der Waals surface area contributed by atoms with Gasteiger partial charge in [-0.05, 0) is 80.0 Å². The molecule has 0 aromatic rings. The van der Waals surface area contributed by atoms with Crippen LogP contribution in [0.4, 0.5) is 0 Å². The first-order chi connectivity index (χ1) is 32.0. The van der Waals surface area contributed by atoms with Gasteiger partial charge in [-0.1, -0.05) is 44.6 Å². The summed E-state index contributed by atoms with van der Waals surface area (Å²) in [5.74, 6) is -4.12. The molecule has 4 aliphatic heterocycles. The third kappa shape index (κ3) is 14.9. The van der Waals surface area contributed by atoms with Gasteiger partial charge in [0, 0.05) is 44.5 Å². The zero-order valence-corrected chi connectivity index (χ0v) is 42.2. The van der Waals surface area contributed by atoms with Crippen molar-refractivity contribution in [2.45, 2.75) is 191 Å². The van der Waals surface area contributed by atoms with E-state index in [1.807, 2.05) is 19.9 Å². The van der Waals surface area contributed by atoms with Crippen LogP contribution in [0.1, 0.15) is 87.5 Å². The number of aliphatic hydroxyl groups is 5. The highest BCUT2D eigenvalue weighted by Crippen LogP contribution is 2.38. The molecule has 4 heterocycles. The molecule has 0 spiro atoms. The molecule has 68 heavy (non-hydrogen) atoms. The van der Waals surface area contributed by atoms with E-state index in [2.05, 4.69) is 0 Å². The Bertz CT molecular complexity index is 1710. The Balaban J connectivity index is 1.68. The zero-order valence-electron chi connectivity index (χ0n) is 42.2. The van der Waals surface area contributed by atoms with E-state index in [0.717, 1.165) is 0 Å². The monoisotopic (exact) mass is 972 g/mol. The molecule has 0 bridgehead atoms. The molecular weight excluding hydrogens is 891 g/mol. The van der Waals surface area contributed by atoms with Crippen LogP contribution in [-0.2, 0) is 61.8 Å². The lowest BCUT2D eigenvalue weighted by Gasteiger charge is -2.50. The Hall–Kier alpha value is -2.73. The fraction of sp³-hybridized carbons (Fsp3) is 0.816. The maximum Gasteiger partial charge on any atom is 0.330 e. The molecule has 0 unspecified atom stereocenters. The average molecular weight is 972 g/mol. The third-order valence-electron chi connectivity index (χ3n) is 13.9. The van der Waals surface area contributed by atoms with Crippen molar-refractivity contribution in [2.75, 3.05) is 42.0 Å². The predicted octanol–water partition coefficient (Wildman–Crippen LogP) is 2.36. The normalized spacial score (nSPS) is 44.0. The first-order valence-electron chi connectivity index (χ1n) is 23.9. The summed E-state index contributed by atoms with van der Waals surface area (Å²) in [6, 6.07) is -0.759. The summed E-state index contributed by atoms with van der Waals surface area (Å²) < 4.78 is 59.9. The van der Waals surface area contributed by atoms with Gasteiger partial charge in [0.05, 0.1) is 62.3 Å². The minimum Gasteiger partial charge on any atom is -0.466 e. The molecule has 21 atom stereocenters. The summed E-state index contributed by atoms with van der Waals surface area (Å²) >= 11 is 0. The number of hydrogen-bond acceptors (Lipinski definition) is 19. The Morgan fingerprint density at radius 1 is 0.868 bits per heavy atom. The van der Waals surface area contributed by atoms with Crippen LogP contribution in [0, 0.1) is 23.7 Å². The van der Waals surface area contributed by atoms with Crippen molar-refractivity contribution < 1.29 is 87.3 Å². The maximum absolute atomic E-state index is 13.9. The van der Waals surface area contributed by atoms with Crippen LogP contribution in [-0.4, -0.2) is 194 Å². The standard InChI is InChI=1S/C49H81NO18/c1-14-35-32(24-62-48-45(61-13)44(60-12)40(55)28(5)64-48)20-25(2)18-19-33(51)26(3)21-31(16-15-17-36(53)59-11)42(27(4)34(52)22-37(54)66-35)68-47-41(56)39(50(9)10)43(29(6)65-47)67-38-23-49(8,58)46(57)30(7)63-38/h15,17-20,26-32,34-35,38-48,52,55-58H,14,16,21-24H2,1-13H3/b17-15+,19-18+,25-20+/t26-,27+,28-,29+,30+,31+,32-,34-,35-,38-,39+,40-,41+,42-,43-,44-,45-,46+,47-,48-,49-/m1/s1. The van der Waals surface area contributed by atoms with Gasteiger partial charge in [0.15, 0.2) is 24.7 Å². The Labute approximate surface area is 402 Å². The number of esters is 2. The smallest absolute Gasteiger partial charge is 0.330 e. The molecule has 0 radical (unpaired) electrons. The topological polar surface area (TPSA) is 248 Å². The van der Waals surface area contributed by atoms with Crippen LogP contribution in [0.25, 0.3) is 0 Å². The minimum atomic E-state index is -1.50. The lowest BCUT2D eigenvalue weighted by atomic mass is 9.79. The Morgan fingerprint density at radius 3 is 2.13 bits per heavy atom. The van der Waals surface area contributed by atoms with Gasteiger partial charge in [0.2, 0.25) is 0 Å². The molecule has 0 aliphatic carbocycles. The van der Waals surface area contributed by atoms with E-state index in [1.165, 1.54) is 40.4 Å². The number of cyclic esters (lactones) is 1. The van der Waals surface area contributed by atoms with E-state index < -0.39 is 146 Å². The summed E-state index contributed by atoms with van der Waals surface area (Å²) in [7, 11) is 7.70. The highest BCUT2D eigenvalue weighted by molar-refractivity contribution is 5.91. The number of ketones is 1. The van der Waals surface area contributed by atoms with Gasteiger partial charge in [-0.15, -0.1) is 0 Å². The quantitative estimate of drug-likeness (QED) is 0.124. The van der Waals surface area contributed by atoms with Crippen molar-refractivity contribution >= 4 is 17.7 Å². The Morgan fingerprint density at radius 2 is 1.53 bits per heavy atom. The van der Waals surface area contributed by atoms with Gasteiger partial charge in [-0.2, -0.15) is 0 Å². The molecular formula is C49H81NO18. The summed E-state index contributed by atoms with van der Waals surface area (Å²) in [6.07, 6.45) is -6.16. The number of rotatable bonds is 14. The van der Waals surface area contributed by atoms with Gasteiger partial charge >= 0.3 is 11.9 Å². The molecule has 0 saturated carbocycles. The van der Waals surface area contributed by atoms with Crippen LogP contribution < -0.4 is 0 Å². The van der Waals surface area contributed by atoms with E-state index in [0.29, 0.717) is 12.0 Å². The molecule has 3 fully saturated rings. The van der Waals surface area contributed by atoms with Crippen LogP contribution in [0.5, 0.6) is 0 Å². The Kier molecular flexibility index (Phi) is 22.2. The highest BCUT2D eigenvalue weighted by Gasteiger charge is 2.52. The van der Waals surface area contributed by atoms with E-state index in [9.17, 15) is 39.9 Å². The molecule has 4 aliphatic rings. The van der Waals surface area contributed by atoms with Crippen molar-refractivity contribution in [1.29, 1.82) is 0 Å². The lowest BCUT2D eigenvalue weighted by Crippen LogP contribution is -2.65. The number of aliphatic hydroxyl groups excluding tert-OH is 4. The van der Waals surface area contributed by atoms with Gasteiger partial charge < -0.3 is 77.8 Å². The van der Waals surface area contributed by atoms with Crippen LogP contribution in [0.2, 0.25) is 0 Å². The molecule has 0 aromatic heterocycles. The molecule has 0 aromatic carbocycles. The fourth-order valence-corrected chi connectivity index (χ4v) is 9.79. The van der Waals surface area contributed by atoms with E-state index in [-0.39, 0.29) is 31.7 Å². The van der Waals surface area contributed by atoms with Gasteiger partial charge in [0.25, 0.3) is 0 Å². The molecule has 19 nitrogen and oxygen atoms in total. The second kappa shape index (κ2) is 26.1. The van der Waals surface area contributed by atoms with Crippen molar-refractivity contribution in [3.63, 3.8) is 0 Å². The number of ether oxygens (including phenoxy) is 10. The number of hydrogen-bond donors (Lipinski definition) is 5. The second-order valence-electron chi connectivity index (χ2n) is 19.5. The lowest BCUT2D eigenvalue weighted by molar-refractivity contribution is -0.342. The average Bonchev–Trinajstić information content (AvgIpc) is 3.28. The van der Waals surface area contributed by atoms with Crippen LogP contribution in [0.3, 0.4) is 0 Å². The number of carbonyl (C=O) groups is 3. The summed E-state index contributed by atoms with van der Waals surface area (Å²) in [5.41, 5.74) is -0.818. The van der Waals surface area contributed by atoms with Crippen molar-refractivity contribution in [3.05, 3.63) is 36.0 Å². The van der Waals surface area contributed by atoms with E-state index in [4.69, 9.17) is 47.4 Å². The molecule has 390 valence electrons. The van der Waals surface area contributed by atoms with Crippen LogP contribution >= 0.6 is 0 Å². The first-order valence-corrected chi connectivity index (χ1v) is 23.9. The van der Waals surface area contributed by atoms with Gasteiger partial charge in [0.1, 0.15) is 42.7 Å². The fourth-order valence-electron chi connectivity index (χ4n) is 9.79. The SMILES string of the molecule is CC[C@H]1OC(=O)C[C@@H](O)[C@H](C)[C@@H](O[C@H]2O[C@@H](C)[C@@H](O[C@@H]3C[C@@](C)(O)[C@@H](O)[C@H](C)O3)[C@@H](N(C)C)[C@@H]2O)[C@@H](C/C=C/C(=O)OC)C[C@@H](C)C(=O)/C=C/C(C)=C/[C@@H]1CO[C@@H]1O[C@H](C)[C@@H](O)[C@@H](OC)[C@H]1OC. The minimum absolute atomic E-state index is 0.0144. The number of nitrogens with zero attached hydrogens (tertiary/aromatic N) is 1. The maximum atomic E-state index is 13.9.